The monoisotopic (exact) mass is 406 g/mol. The molecule has 0 aromatic heterocycles. The standard InChI is InChI=1S/C22H34F4S/c1-20-10-7-17-16-6-4-15(22(24,25)26)13-14(16)3-5-18(17)19(20)8-11-21(20,27)9-2-12-23/h14-19,27H,2-13H2,1H3. The summed E-state index contributed by atoms with van der Waals surface area (Å²) >= 11 is 5.12. The first-order chi connectivity index (χ1) is 12.7. The fraction of sp³-hybridized carbons (Fsp3) is 1.00. The van der Waals surface area contributed by atoms with E-state index in [1.165, 1.54) is 6.42 Å². The highest BCUT2D eigenvalue weighted by molar-refractivity contribution is 7.81. The molecule has 0 heterocycles. The smallest absolute Gasteiger partial charge is 0.251 e. The fourth-order valence-corrected chi connectivity index (χ4v) is 8.60. The molecule has 0 radical (unpaired) electrons. The fourth-order valence-electron chi connectivity index (χ4n) is 8.03. The van der Waals surface area contributed by atoms with Crippen LogP contribution in [0.15, 0.2) is 0 Å². The van der Waals surface area contributed by atoms with Crippen LogP contribution in [0.5, 0.6) is 0 Å². The lowest BCUT2D eigenvalue weighted by Crippen LogP contribution is -2.52. The number of hydrogen-bond donors (Lipinski definition) is 1. The number of fused-ring (bicyclic) bond motifs is 5. The third-order valence-electron chi connectivity index (χ3n) is 9.46. The summed E-state index contributed by atoms with van der Waals surface area (Å²) in [5.74, 6) is 1.63. The van der Waals surface area contributed by atoms with Crippen LogP contribution in [0, 0.1) is 40.9 Å². The lowest BCUT2D eigenvalue weighted by atomic mass is 9.49. The van der Waals surface area contributed by atoms with Crippen molar-refractivity contribution in [2.45, 2.75) is 88.5 Å². The lowest BCUT2D eigenvalue weighted by molar-refractivity contribution is -0.196. The summed E-state index contributed by atoms with van der Waals surface area (Å²) in [6.07, 6.45) is 5.52. The van der Waals surface area contributed by atoms with E-state index in [1.54, 1.807) is 0 Å². The Labute approximate surface area is 166 Å². The summed E-state index contributed by atoms with van der Waals surface area (Å²) in [7, 11) is 0. The van der Waals surface area contributed by atoms with Crippen LogP contribution in [0.4, 0.5) is 17.6 Å². The van der Waals surface area contributed by atoms with Gasteiger partial charge in [-0.05, 0) is 106 Å². The van der Waals surface area contributed by atoms with Crippen molar-refractivity contribution in [2.24, 2.45) is 40.9 Å². The second-order valence-electron chi connectivity index (χ2n) is 10.3. The average molecular weight is 407 g/mol. The van der Waals surface area contributed by atoms with Crippen molar-refractivity contribution in [2.75, 3.05) is 6.67 Å². The van der Waals surface area contributed by atoms with Crippen molar-refractivity contribution in [3.8, 4) is 0 Å². The quantitative estimate of drug-likeness (QED) is 0.371. The van der Waals surface area contributed by atoms with Gasteiger partial charge in [0.25, 0.3) is 0 Å². The van der Waals surface area contributed by atoms with E-state index in [-0.39, 0.29) is 22.8 Å². The van der Waals surface area contributed by atoms with E-state index in [4.69, 9.17) is 12.6 Å². The topological polar surface area (TPSA) is 0 Å². The van der Waals surface area contributed by atoms with Gasteiger partial charge in [-0.3, -0.25) is 4.39 Å². The molecule has 4 aliphatic rings. The maximum absolute atomic E-state index is 13.2. The molecule has 5 heteroatoms. The molecule has 0 amide bonds. The number of rotatable bonds is 3. The van der Waals surface area contributed by atoms with Crippen molar-refractivity contribution in [3.63, 3.8) is 0 Å². The van der Waals surface area contributed by atoms with E-state index in [2.05, 4.69) is 6.92 Å². The average Bonchev–Trinajstić information content (AvgIpc) is 2.90. The zero-order valence-corrected chi connectivity index (χ0v) is 17.3. The number of thiol groups is 1. The van der Waals surface area contributed by atoms with Gasteiger partial charge in [-0.25, -0.2) is 0 Å². The summed E-state index contributed by atoms with van der Waals surface area (Å²) in [5.41, 5.74) is 0.169. The van der Waals surface area contributed by atoms with Gasteiger partial charge < -0.3 is 0 Å². The molecule has 0 aromatic carbocycles. The molecular weight excluding hydrogens is 372 g/mol. The maximum atomic E-state index is 13.2. The summed E-state index contributed by atoms with van der Waals surface area (Å²) < 4.78 is 52.4. The molecule has 8 unspecified atom stereocenters. The molecule has 0 aliphatic heterocycles. The Morgan fingerprint density at radius 1 is 0.926 bits per heavy atom. The Morgan fingerprint density at radius 2 is 1.67 bits per heavy atom. The van der Waals surface area contributed by atoms with Crippen LogP contribution < -0.4 is 0 Å². The number of alkyl halides is 4. The summed E-state index contributed by atoms with van der Waals surface area (Å²) in [4.78, 5) is 0. The molecule has 4 rings (SSSR count). The summed E-state index contributed by atoms with van der Waals surface area (Å²) in [5, 5.41) is 0. The molecule has 4 fully saturated rings. The number of halogens is 4. The van der Waals surface area contributed by atoms with Crippen LogP contribution in [0.25, 0.3) is 0 Å². The third-order valence-corrected chi connectivity index (χ3v) is 10.4. The molecule has 156 valence electrons. The second-order valence-corrected chi connectivity index (χ2v) is 11.2. The molecule has 0 saturated heterocycles. The maximum Gasteiger partial charge on any atom is 0.391 e. The Bertz CT molecular complexity index is 549. The minimum absolute atomic E-state index is 0.0560. The van der Waals surface area contributed by atoms with Gasteiger partial charge in [0.2, 0.25) is 0 Å². The van der Waals surface area contributed by atoms with Gasteiger partial charge in [-0.1, -0.05) is 6.92 Å². The molecular formula is C22H34F4S. The highest BCUT2D eigenvalue weighted by Gasteiger charge is 2.61. The lowest BCUT2D eigenvalue weighted by Gasteiger charge is -2.58. The first-order valence-electron chi connectivity index (χ1n) is 11.0. The molecule has 27 heavy (non-hydrogen) atoms. The molecule has 0 bridgehead atoms. The molecule has 0 N–H and O–H groups in total. The van der Waals surface area contributed by atoms with Crippen LogP contribution in [-0.4, -0.2) is 17.6 Å². The van der Waals surface area contributed by atoms with Gasteiger partial charge in [-0.15, -0.1) is 0 Å². The summed E-state index contributed by atoms with van der Waals surface area (Å²) in [6.45, 7) is 2.12. The summed E-state index contributed by atoms with van der Waals surface area (Å²) in [6, 6.07) is 0. The van der Waals surface area contributed by atoms with E-state index >= 15 is 0 Å². The highest BCUT2D eigenvalue weighted by Crippen LogP contribution is 2.68. The van der Waals surface area contributed by atoms with Crippen molar-refractivity contribution in [3.05, 3.63) is 0 Å². The van der Waals surface area contributed by atoms with E-state index in [9.17, 15) is 17.6 Å². The molecule has 0 aromatic rings. The van der Waals surface area contributed by atoms with Gasteiger partial charge in [0.1, 0.15) is 0 Å². The van der Waals surface area contributed by atoms with Gasteiger partial charge >= 0.3 is 6.18 Å². The zero-order valence-electron chi connectivity index (χ0n) is 16.4. The largest absolute Gasteiger partial charge is 0.391 e. The predicted molar refractivity (Wildman–Crippen MR) is 104 cm³/mol. The Morgan fingerprint density at radius 3 is 2.37 bits per heavy atom. The van der Waals surface area contributed by atoms with E-state index in [0.29, 0.717) is 42.9 Å². The van der Waals surface area contributed by atoms with Gasteiger partial charge in [0, 0.05) is 4.75 Å². The molecule has 0 spiro atoms. The normalized spacial score (nSPS) is 50.0. The van der Waals surface area contributed by atoms with Gasteiger partial charge in [0.15, 0.2) is 0 Å². The van der Waals surface area contributed by atoms with Crippen LogP contribution >= 0.6 is 12.6 Å². The SMILES string of the molecule is CC12CCC3C4CCC(C(F)(F)F)CC4CCC3C1CCC2(S)CCCF. The van der Waals surface area contributed by atoms with Crippen LogP contribution in [-0.2, 0) is 0 Å². The molecule has 0 nitrogen and oxygen atoms in total. The van der Waals surface area contributed by atoms with E-state index in [1.807, 2.05) is 0 Å². The van der Waals surface area contributed by atoms with Crippen molar-refractivity contribution >= 4 is 12.6 Å². The Hall–Kier alpha value is 0.0700. The predicted octanol–water partition coefficient (Wildman–Crippen LogP) is 7.24. The number of hydrogen-bond acceptors (Lipinski definition) is 1. The van der Waals surface area contributed by atoms with Crippen molar-refractivity contribution < 1.29 is 17.6 Å². The Balaban J connectivity index is 1.49. The van der Waals surface area contributed by atoms with Crippen LogP contribution in [0.1, 0.15) is 77.6 Å². The van der Waals surface area contributed by atoms with Gasteiger partial charge in [-0.2, -0.15) is 25.8 Å². The van der Waals surface area contributed by atoms with Crippen molar-refractivity contribution in [1.29, 1.82) is 0 Å². The minimum atomic E-state index is -4.01. The van der Waals surface area contributed by atoms with Crippen LogP contribution in [0.2, 0.25) is 0 Å². The van der Waals surface area contributed by atoms with E-state index in [0.717, 1.165) is 44.9 Å². The first-order valence-corrected chi connectivity index (χ1v) is 11.5. The van der Waals surface area contributed by atoms with Crippen molar-refractivity contribution in [1.82, 2.24) is 0 Å². The molecule has 8 atom stereocenters. The zero-order chi connectivity index (χ0) is 19.4. The van der Waals surface area contributed by atoms with Gasteiger partial charge in [0.05, 0.1) is 12.6 Å². The first kappa shape index (κ1) is 20.3. The highest BCUT2D eigenvalue weighted by atomic mass is 32.1. The Kier molecular flexibility index (Phi) is 5.34. The molecule has 4 aliphatic carbocycles. The minimum Gasteiger partial charge on any atom is -0.251 e. The molecule has 4 saturated carbocycles. The second kappa shape index (κ2) is 7.09. The van der Waals surface area contributed by atoms with E-state index < -0.39 is 12.1 Å². The third kappa shape index (κ3) is 3.26. The van der Waals surface area contributed by atoms with Crippen LogP contribution in [0.3, 0.4) is 0 Å².